The molecule has 2 N–H and O–H groups in total. The van der Waals surface area contributed by atoms with Gasteiger partial charge in [-0.2, -0.15) is 5.10 Å². The van der Waals surface area contributed by atoms with Crippen molar-refractivity contribution in [3.05, 3.63) is 56.2 Å². The number of rotatable bonds is 7. The molecular formula is C14H10Cl2N4O5. The number of nitrogens with one attached hydrogen (secondary N) is 1. The lowest BCUT2D eigenvalue weighted by molar-refractivity contribution is -0.384. The minimum atomic E-state index is -1.17. The molecule has 1 heterocycles. The van der Waals surface area contributed by atoms with E-state index in [1.54, 1.807) is 0 Å². The topological polar surface area (TPSA) is 127 Å². The van der Waals surface area contributed by atoms with Gasteiger partial charge in [0.2, 0.25) is 5.82 Å². The number of benzene rings is 1. The molecule has 25 heavy (non-hydrogen) atoms. The first kappa shape index (κ1) is 18.4. The molecule has 0 radical (unpaired) electrons. The van der Waals surface area contributed by atoms with Crippen LogP contribution in [0.5, 0.6) is 5.75 Å². The molecule has 0 saturated heterocycles. The van der Waals surface area contributed by atoms with Crippen molar-refractivity contribution in [1.82, 2.24) is 4.98 Å². The first-order chi connectivity index (χ1) is 11.9. The molecule has 0 aliphatic heterocycles. The largest absolute Gasteiger partial charge is 0.479 e. The van der Waals surface area contributed by atoms with Crippen molar-refractivity contribution < 1.29 is 19.6 Å². The SMILES string of the molecule is O=C(O)COc1c(Cl)cc(/C=N\Nc2ncccc2[N+](=O)[O-])cc1Cl. The van der Waals surface area contributed by atoms with Crippen molar-refractivity contribution in [2.24, 2.45) is 5.10 Å². The van der Waals surface area contributed by atoms with Crippen molar-refractivity contribution in [3.8, 4) is 5.75 Å². The number of nitrogens with zero attached hydrogens (tertiary/aromatic N) is 3. The van der Waals surface area contributed by atoms with Crippen LogP contribution < -0.4 is 10.2 Å². The summed E-state index contributed by atoms with van der Waals surface area (Å²) in [4.78, 5) is 24.6. The minimum Gasteiger partial charge on any atom is -0.479 e. The Morgan fingerprint density at radius 2 is 2.12 bits per heavy atom. The lowest BCUT2D eigenvalue weighted by atomic mass is 10.2. The molecule has 11 heteroatoms. The Balaban J connectivity index is 2.14. The molecule has 0 aliphatic carbocycles. The summed E-state index contributed by atoms with van der Waals surface area (Å²) in [7, 11) is 0. The van der Waals surface area contributed by atoms with Crippen molar-refractivity contribution in [1.29, 1.82) is 0 Å². The van der Waals surface area contributed by atoms with Gasteiger partial charge in [0.25, 0.3) is 0 Å². The number of carboxylic acid groups (broad SMARTS) is 1. The van der Waals surface area contributed by atoms with E-state index in [1.807, 2.05) is 0 Å². The lowest BCUT2D eigenvalue weighted by Gasteiger charge is -2.08. The van der Waals surface area contributed by atoms with Gasteiger partial charge in [-0.15, -0.1) is 0 Å². The number of halogens is 2. The summed E-state index contributed by atoms with van der Waals surface area (Å²) in [6, 6.07) is 5.61. The molecule has 0 aliphatic rings. The van der Waals surface area contributed by atoms with Crippen LogP contribution in [0.3, 0.4) is 0 Å². The molecule has 1 aromatic carbocycles. The lowest BCUT2D eigenvalue weighted by Crippen LogP contribution is -2.10. The number of carbonyl (C=O) groups is 1. The Morgan fingerprint density at radius 3 is 2.72 bits per heavy atom. The molecule has 1 aromatic heterocycles. The van der Waals surface area contributed by atoms with Crippen molar-refractivity contribution in [3.63, 3.8) is 0 Å². The van der Waals surface area contributed by atoms with E-state index in [9.17, 15) is 14.9 Å². The summed E-state index contributed by atoms with van der Waals surface area (Å²) in [5.41, 5.74) is 2.69. The number of aromatic nitrogens is 1. The zero-order chi connectivity index (χ0) is 18.4. The van der Waals surface area contributed by atoms with Gasteiger partial charge in [-0.05, 0) is 23.8 Å². The zero-order valence-corrected chi connectivity index (χ0v) is 13.9. The molecule has 9 nitrogen and oxygen atoms in total. The Morgan fingerprint density at radius 1 is 1.44 bits per heavy atom. The highest BCUT2D eigenvalue weighted by atomic mass is 35.5. The van der Waals surface area contributed by atoms with E-state index in [4.69, 9.17) is 33.0 Å². The number of hydrogen-bond donors (Lipinski definition) is 2. The average Bonchev–Trinajstić information content (AvgIpc) is 2.54. The second-order valence-electron chi connectivity index (χ2n) is 4.49. The Kier molecular flexibility index (Phi) is 6.09. The number of aliphatic carboxylic acids is 1. The van der Waals surface area contributed by atoms with Crippen LogP contribution in [-0.2, 0) is 4.79 Å². The van der Waals surface area contributed by atoms with Gasteiger partial charge in [0.1, 0.15) is 0 Å². The van der Waals surface area contributed by atoms with Gasteiger partial charge in [-0.3, -0.25) is 15.5 Å². The van der Waals surface area contributed by atoms with Gasteiger partial charge in [-0.1, -0.05) is 23.2 Å². The molecule has 0 atom stereocenters. The maximum atomic E-state index is 10.9. The van der Waals surface area contributed by atoms with Gasteiger partial charge in [0.15, 0.2) is 12.4 Å². The molecule has 0 spiro atoms. The minimum absolute atomic E-state index is 0.0256. The molecule has 0 fully saturated rings. The second kappa shape index (κ2) is 8.27. The fourth-order valence-electron chi connectivity index (χ4n) is 1.72. The smallest absolute Gasteiger partial charge is 0.341 e. The van der Waals surface area contributed by atoms with Crippen LogP contribution in [0.1, 0.15) is 5.56 Å². The second-order valence-corrected chi connectivity index (χ2v) is 5.31. The Labute approximate surface area is 151 Å². The summed E-state index contributed by atoms with van der Waals surface area (Å²) < 4.78 is 4.99. The fourth-order valence-corrected chi connectivity index (χ4v) is 2.34. The molecule has 2 rings (SSSR count). The van der Waals surface area contributed by atoms with E-state index in [0.717, 1.165) is 0 Å². The third-order valence-corrected chi connectivity index (χ3v) is 3.29. The molecule has 2 aromatic rings. The maximum Gasteiger partial charge on any atom is 0.341 e. The van der Waals surface area contributed by atoms with Gasteiger partial charge in [0.05, 0.1) is 21.2 Å². The number of anilines is 1. The highest BCUT2D eigenvalue weighted by Gasteiger charge is 2.13. The zero-order valence-electron chi connectivity index (χ0n) is 12.3. The Bertz CT molecular complexity index is 821. The number of pyridine rings is 1. The standard InChI is InChI=1S/C14H10Cl2N4O5/c15-9-4-8(5-10(16)13(9)25-7-12(21)22)6-18-19-14-11(20(23)24)2-1-3-17-14/h1-6H,7H2,(H,17,19)(H,21,22)/b18-6-. The quantitative estimate of drug-likeness (QED) is 0.426. The first-order valence-electron chi connectivity index (χ1n) is 6.60. The third-order valence-electron chi connectivity index (χ3n) is 2.73. The van der Waals surface area contributed by atoms with Gasteiger partial charge in [-0.25, -0.2) is 9.78 Å². The predicted molar refractivity (Wildman–Crippen MR) is 91.7 cm³/mol. The fraction of sp³-hybridized carbons (Fsp3) is 0.0714. The van der Waals surface area contributed by atoms with E-state index < -0.39 is 17.5 Å². The number of ether oxygens (including phenoxy) is 1. The average molecular weight is 385 g/mol. The van der Waals surface area contributed by atoms with Crippen molar-refractivity contribution in [2.75, 3.05) is 12.0 Å². The van der Waals surface area contributed by atoms with Crippen LogP contribution in [0, 0.1) is 10.1 Å². The monoisotopic (exact) mass is 384 g/mol. The van der Waals surface area contributed by atoms with Crippen LogP contribution in [-0.4, -0.2) is 33.8 Å². The van der Waals surface area contributed by atoms with Crippen LogP contribution in [0.2, 0.25) is 10.0 Å². The van der Waals surface area contributed by atoms with Crippen LogP contribution in [0.25, 0.3) is 0 Å². The predicted octanol–water partition coefficient (Wildman–Crippen LogP) is 3.21. The van der Waals surface area contributed by atoms with Crippen LogP contribution >= 0.6 is 23.2 Å². The molecule has 0 amide bonds. The number of nitro groups is 1. The third kappa shape index (κ3) is 5.03. The number of hydrazone groups is 1. The van der Waals surface area contributed by atoms with Gasteiger partial charge in [0, 0.05) is 12.3 Å². The van der Waals surface area contributed by atoms with Crippen molar-refractivity contribution in [2.45, 2.75) is 0 Å². The molecule has 0 saturated carbocycles. The molecule has 130 valence electrons. The maximum absolute atomic E-state index is 10.9. The van der Waals surface area contributed by atoms with E-state index in [1.165, 1.54) is 36.7 Å². The normalized spacial score (nSPS) is 10.6. The van der Waals surface area contributed by atoms with Crippen molar-refractivity contribution >= 4 is 46.9 Å². The van der Waals surface area contributed by atoms with E-state index in [2.05, 4.69) is 15.5 Å². The summed E-state index contributed by atoms with van der Waals surface area (Å²) in [6.45, 7) is -0.586. The van der Waals surface area contributed by atoms with E-state index >= 15 is 0 Å². The van der Waals surface area contributed by atoms with Crippen LogP contribution in [0.15, 0.2) is 35.6 Å². The van der Waals surface area contributed by atoms with E-state index in [-0.39, 0.29) is 27.3 Å². The summed E-state index contributed by atoms with van der Waals surface area (Å²) >= 11 is 12.0. The van der Waals surface area contributed by atoms with Crippen LogP contribution in [0.4, 0.5) is 11.5 Å². The number of carboxylic acids is 1. The molecule has 0 bridgehead atoms. The van der Waals surface area contributed by atoms with Gasteiger partial charge >= 0.3 is 11.7 Å². The summed E-state index contributed by atoms with van der Waals surface area (Å²) in [5, 5.41) is 23.5. The van der Waals surface area contributed by atoms with E-state index in [0.29, 0.717) is 5.56 Å². The Hall–Kier alpha value is -2.91. The highest BCUT2D eigenvalue weighted by molar-refractivity contribution is 6.37. The highest BCUT2D eigenvalue weighted by Crippen LogP contribution is 2.33. The summed E-state index contributed by atoms with van der Waals surface area (Å²) in [6.07, 6.45) is 2.70. The van der Waals surface area contributed by atoms with Gasteiger partial charge < -0.3 is 9.84 Å². The number of hydrogen-bond acceptors (Lipinski definition) is 7. The first-order valence-corrected chi connectivity index (χ1v) is 7.36. The molecule has 0 unspecified atom stereocenters. The summed E-state index contributed by atoms with van der Waals surface area (Å²) in [5.74, 6) is -1.16. The molecular weight excluding hydrogens is 375 g/mol.